The molecule has 182 valence electrons. The summed E-state index contributed by atoms with van der Waals surface area (Å²) in [5.41, 5.74) is 4.50. The number of carbonyl (C=O) groups excluding carboxylic acids is 1. The van der Waals surface area contributed by atoms with E-state index < -0.39 is 5.97 Å². The molecule has 0 saturated carbocycles. The number of nitrogens with zero attached hydrogens (tertiary/aromatic N) is 1. The molecule has 0 fully saturated rings. The maximum Gasteiger partial charge on any atom is 0.305 e. The third-order valence-corrected chi connectivity index (χ3v) is 6.62. The highest BCUT2D eigenvalue weighted by Crippen LogP contribution is 2.37. The van der Waals surface area contributed by atoms with E-state index in [2.05, 4.69) is 38.1 Å². The highest BCUT2D eigenvalue weighted by molar-refractivity contribution is 6.30. The minimum Gasteiger partial charge on any atom is -0.487 e. The second-order valence-corrected chi connectivity index (χ2v) is 9.83. The highest BCUT2D eigenvalue weighted by Gasteiger charge is 2.35. The van der Waals surface area contributed by atoms with E-state index in [1.165, 1.54) is 11.1 Å². The number of carboxylic acid groups (broad SMARTS) is 1. The molecular weight excluding hydrogens is 462 g/mol. The van der Waals surface area contributed by atoms with Gasteiger partial charge in [-0.05, 0) is 65.9 Å². The molecule has 4 rings (SSSR count). The summed E-state index contributed by atoms with van der Waals surface area (Å²) in [6.07, 6.45) is 2.35. The molecule has 0 aromatic heterocycles. The van der Waals surface area contributed by atoms with Crippen molar-refractivity contribution >= 4 is 23.5 Å². The van der Waals surface area contributed by atoms with Gasteiger partial charge in [0, 0.05) is 36.5 Å². The predicted octanol–water partition coefficient (Wildman–Crippen LogP) is 5.96. The lowest BCUT2D eigenvalue weighted by molar-refractivity contribution is -0.137. The minimum absolute atomic E-state index is 0.111. The third-order valence-electron chi connectivity index (χ3n) is 6.38. The molecule has 1 heterocycles. The Morgan fingerprint density at radius 3 is 2.46 bits per heavy atom. The second-order valence-electron chi connectivity index (χ2n) is 9.40. The Morgan fingerprint density at radius 1 is 1.03 bits per heavy atom. The third kappa shape index (κ3) is 6.23. The number of aliphatic carboxylic acids is 1. The van der Waals surface area contributed by atoms with Crippen LogP contribution in [0, 0.1) is 0 Å². The molecule has 0 unspecified atom stereocenters. The zero-order valence-electron chi connectivity index (χ0n) is 20.1. The molecule has 1 atom stereocenters. The highest BCUT2D eigenvalue weighted by atomic mass is 35.5. The van der Waals surface area contributed by atoms with Crippen molar-refractivity contribution in [2.45, 2.75) is 51.7 Å². The van der Waals surface area contributed by atoms with E-state index in [1.54, 1.807) is 23.1 Å². The van der Waals surface area contributed by atoms with E-state index in [1.807, 2.05) is 24.3 Å². The number of amides is 1. The summed E-state index contributed by atoms with van der Waals surface area (Å²) >= 11 is 6.10. The molecule has 1 amide bonds. The van der Waals surface area contributed by atoms with Crippen molar-refractivity contribution in [3.63, 3.8) is 0 Å². The Labute approximate surface area is 211 Å². The maximum absolute atomic E-state index is 13.4. The van der Waals surface area contributed by atoms with Crippen molar-refractivity contribution in [1.29, 1.82) is 0 Å². The fourth-order valence-corrected chi connectivity index (χ4v) is 4.81. The first kappa shape index (κ1) is 24.8. The number of halogens is 1. The van der Waals surface area contributed by atoms with Gasteiger partial charge >= 0.3 is 5.97 Å². The van der Waals surface area contributed by atoms with Crippen LogP contribution in [-0.4, -0.2) is 34.0 Å². The predicted molar refractivity (Wildman–Crippen MR) is 137 cm³/mol. The van der Waals surface area contributed by atoms with Crippen LogP contribution in [-0.2, 0) is 30.6 Å². The minimum atomic E-state index is -0.945. The molecule has 3 aromatic rings. The number of carbonyl (C=O) groups is 2. The van der Waals surface area contributed by atoms with Gasteiger partial charge in [-0.25, -0.2) is 0 Å². The van der Waals surface area contributed by atoms with Crippen LogP contribution < -0.4 is 4.74 Å². The quantitative estimate of drug-likeness (QED) is 0.401. The van der Waals surface area contributed by atoms with Crippen LogP contribution in [0.2, 0.25) is 5.02 Å². The van der Waals surface area contributed by atoms with Crippen molar-refractivity contribution in [1.82, 2.24) is 4.90 Å². The fourth-order valence-electron chi connectivity index (χ4n) is 4.60. The lowest BCUT2D eigenvalue weighted by Gasteiger charge is -2.24. The molecule has 35 heavy (non-hydrogen) atoms. The number of ether oxygens (including phenoxy) is 1. The molecule has 0 spiro atoms. The van der Waals surface area contributed by atoms with Crippen LogP contribution in [0.1, 0.15) is 52.9 Å². The number of hydrogen-bond donors (Lipinski definition) is 1. The Bertz CT molecular complexity index is 1220. The van der Waals surface area contributed by atoms with Crippen LogP contribution in [0.3, 0.4) is 0 Å². The molecule has 5 nitrogen and oxygen atoms in total. The Balaban J connectivity index is 1.51. The summed E-state index contributed by atoms with van der Waals surface area (Å²) in [6, 6.07) is 21.4. The zero-order valence-corrected chi connectivity index (χ0v) is 20.8. The molecule has 0 saturated heterocycles. The summed E-state index contributed by atoms with van der Waals surface area (Å²) in [5.74, 6) is -0.363. The van der Waals surface area contributed by atoms with Crippen LogP contribution in [0.15, 0.2) is 66.7 Å². The van der Waals surface area contributed by atoms with E-state index >= 15 is 0 Å². The Kier molecular flexibility index (Phi) is 7.46. The summed E-state index contributed by atoms with van der Waals surface area (Å²) in [7, 11) is 0. The smallest absolute Gasteiger partial charge is 0.305 e. The number of carboxylic acids is 1. The van der Waals surface area contributed by atoms with E-state index in [4.69, 9.17) is 16.3 Å². The molecule has 1 N–H and O–H groups in total. The molecule has 1 aliphatic heterocycles. The summed E-state index contributed by atoms with van der Waals surface area (Å²) in [4.78, 5) is 26.2. The summed E-state index contributed by atoms with van der Waals surface area (Å²) in [5, 5.41) is 9.76. The fraction of sp³-hybridized carbons (Fsp3) is 0.310. The SMILES string of the molecule is CCc1ccc(C[C@]2(C)Cc3cc(C(=O)N(CCC(=O)O)Cc4cccc(Cl)c4)ccc3O2)cc1. The van der Waals surface area contributed by atoms with Crippen LogP contribution >= 0.6 is 11.6 Å². The van der Waals surface area contributed by atoms with Gasteiger partial charge in [-0.1, -0.05) is 54.9 Å². The first-order chi connectivity index (χ1) is 16.7. The first-order valence-electron chi connectivity index (χ1n) is 11.9. The van der Waals surface area contributed by atoms with Gasteiger partial charge in [-0.15, -0.1) is 0 Å². The molecule has 3 aromatic carbocycles. The Hall–Kier alpha value is -3.31. The zero-order chi connectivity index (χ0) is 25.0. The number of rotatable bonds is 9. The van der Waals surface area contributed by atoms with Crippen LogP contribution in [0.4, 0.5) is 0 Å². The van der Waals surface area contributed by atoms with Gasteiger partial charge in [0.25, 0.3) is 5.91 Å². The second kappa shape index (κ2) is 10.5. The van der Waals surface area contributed by atoms with Gasteiger partial charge in [-0.3, -0.25) is 9.59 Å². The van der Waals surface area contributed by atoms with Crippen molar-refractivity contribution in [2.24, 2.45) is 0 Å². The number of benzene rings is 3. The molecular formula is C29H30ClNO4. The van der Waals surface area contributed by atoms with Crippen molar-refractivity contribution < 1.29 is 19.4 Å². The molecule has 1 aliphatic rings. The van der Waals surface area contributed by atoms with Gasteiger partial charge < -0.3 is 14.7 Å². The molecule has 0 radical (unpaired) electrons. The molecule has 0 bridgehead atoms. The topological polar surface area (TPSA) is 66.8 Å². The average Bonchev–Trinajstić information content (AvgIpc) is 3.16. The van der Waals surface area contributed by atoms with Gasteiger partial charge in [-0.2, -0.15) is 0 Å². The number of hydrogen-bond acceptors (Lipinski definition) is 3. The summed E-state index contributed by atoms with van der Waals surface area (Å²) in [6.45, 7) is 4.63. The van der Waals surface area contributed by atoms with E-state index in [9.17, 15) is 14.7 Å². The van der Waals surface area contributed by atoms with Crippen molar-refractivity contribution in [2.75, 3.05) is 6.54 Å². The lowest BCUT2D eigenvalue weighted by atomic mass is 9.91. The van der Waals surface area contributed by atoms with Crippen LogP contribution in [0.5, 0.6) is 5.75 Å². The van der Waals surface area contributed by atoms with Gasteiger partial charge in [0.2, 0.25) is 0 Å². The Morgan fingerprint density at radius 2 is 1.77 bits per heavy atom. The largest absolute Gasteiger partial charge is 0.487 e. The molecule has 6 heteroatoms. The van der Waals surface area contributed by atoms with Gasteiger partial charge in [0.15, 0.2) is 0 Å². The number of fused-ring (bicyclic) bond motifs is 1. The normalized spacial score (nSPS) is 16.4. The number of aryl methyl sites for hydroxylation is 1. The monoisotopic (exact) mass is 491 g/mol. The van der Waals surface area contributed by atoms with Crippen LogP contribution in [0.25, 0.3) is 0 Å². The lowest BCUT2D eigenvalue weighted by Crippen LogP contribution is -2.33. The summed E-state index contributed by atoms with van der Waals surface area (Å²) < 4.78 is 6.32. The maximum atomic E-state index is 13.4. The van der Waals surface area contributed by atoms with Gasteiger partial charge in [0.1, 0.15) is 11.4 Å². The van der Waals surface area contributed by atoms with E-state index in [0.29, 0.717) is 17.0 Å². The molecule has 0 aliphatic carbocycles. The average molecular weight is 492 g/mol. The van der Waals surface area contributed by atoms with Crippen molar-refractivity contribution in [3.8, 4) is 5.75 Å². The first-order valence-corrected chi connectivity index (χ1v) is 12.3. The standard InChI is InChI=1S/C29H30ClNO4/c1-3-20-7-9-21(10-8-20)17-29(2)18-24-16-23(11-12-26(24)35-29)28(34)31(14-13-27(32)33)19-22-5-4-6-25(30)15-22/h4-12,15-16H,3,13-14,17-19H2,1-2H3,(H,32,33)/t29-/m1/s1. The van der Waals surface area contributed by atoms with E-state index in [-0.39, 0.29) is 31.0 Å². The van der Waals surface area contributed by atoms with E-state index in [0.717, 1.165) is 29.7 Å². The van der Waals surface area contributed by atoms with Gasteiger partial charge in [0.05, 0.1) is 6.42 Å². The van der Waals surface area contributed by atoms with Crippen molar-refractivity contribution in [3.05, 3.63) is 99.6 Å².